The van der Waals surface area contributed by atoms with Crippen molar-refractivity contribution >= 4 is 33.3 Å². The summed E-state index contributed by atoms with van der Waals surface area (Å²) < 4.78 is 1.05. The summed E-state index contributed by atoms with van der Waals surface area (Å²) in [6, 6.07) is 1.98. The summed E-state index contributed by atoms with van der Waals surface area (Å²) in [6.45, 7) is 2.46. The molecule has 0 bridgehead atoms. The van der Waals surface area contributed by atoms with E-state index >= 15 is 0 Å². The number of nitrogens with zero attached hydrogens (tertiary/aromatic N) is 3. The molecule has 0 saturated carbocycles. The van der Waals surface area contributed by atoms with E-state index in [0.717, 1.165) is 42.0 Å². The van der Waals surface area contributed by atoms with Crippen LogP contribution in [-0.2, 0) is 4.79 Å². The van der Waals surface area contributed by atoms with Gasteiger partial charge in [0, 0.05) is 26.1 Å². The minimum absolute atomic E-state index is 0.244. The second-order valence-electron chi connectivity index (χ2n) is 4.98. The lowest BCUT2D eigenvalue weighted by atomic mass is 10.1. The molecular formula is C14H18N4OS. The Kier molecular flexibility index (Phi) is 4.11. The summed E-state index contributed by atoms with van der Waals surface area (Å²) in [5, 5.41) is 5.26. The Hall–Kier alpha value is -1.69. The molecule has 1 N–H and O–H groups in total. The first-order chi connectivity index (χ1) is 9.84. The van der Waals surface area contributed by atoms with Gasteiger partial charge in [0.25, 0.3) is 0 Å². The molecule has 1 aliphatic rings. The van der Waals surface area contributed by atoms with E-state index in [1.165, 1.54) is 6.42 Å². The Morgan fingerprint density at radius 3 is 3.00 bits per heavy atom. The Morgan fingerprint density at radius 1 is 1.30 bits per heavy atom. The van der Waals surface area contributed by atoms with Gasteiger partial charge in [-0.1, -0.05) is 0 Å². The van der Waals surface area contributed by atoms with Gasteiger partial charge in [-0.2, -0.15) is 0 Å². The number of thiophene rings is 1. The van der Waals surface area contributed by atoms with Crippen LogP contribution in [0.5, 0.6) is 0 Å². The highest BCUT2D eigenvalue weighted by atomic mass is 32.1. The van der Waals surface area contributed by atoms with Crippen LogP contribution in [0.1, 0.15) is 25.7 Å². The summed E-state index contributed by atoms with van der Waals surface area (Å²) in [6.07, 6.45) is 5.61. The standard InChI is InChI=1S/C14H18N4OS/c19-12(18-7-2-1-3-8-18)4-6-15-14-13-11(5-9-20-13)16-10-17-14/h5,9-10H,1-4,6-8H2,(H,15,16,17). The number of aromatic nitrogens is 2. The third-order valence-corrected chi connectivity index (χ3v) is 4.49. The number of rotatable bonds is 4. The fourth-order valence-corrected chi connectivity index (χ4v) is 3.31. The van der Waals surface area contributed by atoms with E-state index in [-0.39, 0.29) is 5.91 Å². The number of anilines is 1. The molecular weight excluding hydrogens is 272 g/mol. The van der Waals surface area contributed by atoms with E-state index in [1.807, 2.05) is 16.3 Å². The molecule has 0 radical (unpaired) electrons. The second-order valence-corrected chi connectivity index (χ2v) is 5.89. The maximum absolute atomic E-state index is 12.1. The molecule has 2 aromatic heterocycles. The van der Waals surface area contributed by atoms with Crippen LogP contribution in [0.3, 0.4) is 0 Å². The number of fused-ring (bicyclic) bond motifs is 1. The van der Waals surface area contributed by atoms with Crippen molar-refractivity contribution in [3.05, 3.63) is 17.8 Å². The van der Waals surface area contributed by atoms with Crippen molar-refractivity contribution in [1.82, 2.24) is 14.9 Å². The van der Waals surface area contributed by atoms with Crippen molar-refractivity contribution < 1.29 is 4.79 Å². The molecule has 0 atom stereocenters. The molecule has 0 aliphatic carbocycles. The third kappa shape index (κ3) is 2.90. The Balaban J connectivity index is 1.54. The zero-order valence-electron chi connectivity index (χ0n) is 11.3. The molecule has 1 fully saturated rings. The minimum Gasteiger partial charge on any atom is -0.368 e. The van der Waals surface area contributed by atoms with Gasteiger partial charge in [0.1, 0.15) is 12.1 Å². The highest BCUT2D eigenvalue weighted by molar-refractivity contribution is 7.17. The number of amides is 1. The Morgan fingerprint density at radius 2 is 2.15 bits per heavy atom. The predicted molar refractivity (Wildman–Crippen MR) is 81.0 cm³/mol. The van der Waals surface area contributed by atoms with Gasteiger partial charge < -0.3 is 10.2 Å². The average molecular weight is 290 g/mol. The zero-order chi connectivity index (χ0) is 13.8. The molecule has 0 spiro atoms. The molecule has 106 valence electrons. The van der Waals surface area contributed by atoms with Gasteiger partial charge in [-0.15, -0.1) is 11.3 Å². The van der Waals surface area contributed by atoms with Crippen molar-refractivity contribution in [2.24, 2.45) is 0 Å². The number of carbonyl (C=O) groups is 1. The summed E-state index contributed by atoms with van der Waals surface area (Å²) in [5.74, 6) is 1.07. The molecule has 1 amide bonds. The van der Waals surface area contributed by atoms with E-state index in [9.17, 15) is 4.79 Å². The first-order valence-electron chi connectivity index (χ1n) is 7.04. The molecule has 1 aliphatic heterocycles. The lowest BCUT2D eigenvalue weighted by Crippen LogP contribution is -2.36. The minimum atomic E-state index is 0.244. The summed E-state index contributed by atoms with van der Waals surface area (Å²) in [5.41, 5.74) is 0.954. The van der Waals surface area contributed by atoms with E-state index in [1.54, 1.807) is 17.7 Å². The maximum atomic E-state index is 12.1. The van der Waals surface area contributed by atoms with Gasteiger partial charge in [-0.3, -0.25) is 4.79 Å². The Labute approximate surface area is 122 Å². The molecule has 5 nitrogen and oxygen atoms in total. The molecule has 3 heterocycles. The van der Waals surface area contributed by atoms with Crippen LogP contribution in [0, 0.1) is 0 Å². The van der Waals surface area contributed by atoms with E-state index in [2.05, 4.69) is 15.3 Å². The van der Waals surface area contributed by atoms with Crippen LogP contribution in [0.15, 0.2) is 17.8 Å². The van der Waals surface area contributed by atoms with Crippen LogP contribution in [0.25, 0.3) is 10.2 Å². The van der Waals surface area contributed by atoms with E-state index < -0.39 is 0 Å². The second kappa shape index (κ2) is 6.17. The van der Waals surface area contributed by atoms with Gasteiger partial charge in [-0.25, -0.2) is 9.97 Å². The molecule has 20 heavy (non-hydrogen) atoms. The van der Waals surface area contributed by atoms with Crippen molar-refractivity contribution in [2.75, 3.05) is 25.0 Å². The van der Waals surface area contributed by atoms with Crippen LogP contribution in [-0.4, -0.2) is 40.4 Å². The largest absolute Gasteiger partial charge is 0.368 e. The molecule has 0 unspecified atom stereocenters. The van der Waals surface area contributed by atoms with Gasteiger partial charge in [-0.05, 0) is 30.7 Å². The molecule has 2 aromatic rings. The van der Waals surface area contributed by atoms with Crippen molar-refractivity contribution in [2.45, 2.75) is 25.7 Å². The van der Waals surface area contributed by atoms with Gasteiger partial charge in [0.15, 0.2) is 0 Å². The molecule has 1 saturated heterocycles. The SMILES string of the molecule is O=C(CCNc1ncnc2ccsc12)N1CCCCC1. The number of hydrogen-bond donors (Lipinski definition) is 1. The van der Waals surface area contributed by atoms with Crippen LogP contribution in [0.2, 0.25) is 0 Å². The molecule has 6 heteroatoms. The first-order valence-corrected chi connectivity index (χ1v) is 7.92. The normalized spacial score (nSPS) is 15.5. The van der Waals surface area contributed by atoms with Gasteiger partial charge >= 0.3 is 0 Å². The summed E-state index contributed by atoms with van der Waals surface area (Å²) >= 11 is 1.62. The number of hydrogen-bond acceptors (Lipinski definition) is 5. The van der Waals surface area contributed by atoms with Crippen LogP contribution < -0.4 is 5.32 Å². The van der Waals surface area contributed by atoms with Crippen molar-refractivity contribution in [1.29, 1.82) is 0 Å². The fourth-order valence-electron chi connectivity index (χ4n) is 2.50. The monoisotopic (exact) mass is 290 g/mol. The summed E-state index contributed by atoms with van der Waals surface area (Å²) in [7, 11) is 0. The Bertz CT molecular complexity index is 592. The summed E-state index contributed by atoms with van der Waals surface area (Å²) in [4.78, 5) is 22.5. The number of carbonyl (C=O) groups excluding carboxylic acids is 1. The first kappa shape index (κ1) is 13.3. The topological polar surface area (TPSA) is 58.1 Å². The zero-order valence-corrected chi connectivity index (χ0v) is 12.2. The van der Waals surface area contributed by atoms with E-state index in [0.29, 0.717) is 13.0 Å². The fraction of sp³-hybridized carbons (Fsp3) is 0.500. The van der Waals surface area contributed by atoms with Gasteiger partial charge in [0.2, 0.25) is 5.91 Å². The third-order valence-electron chi connectivity index (χ3n) is 3.58. The molecule has 0 aromatic carbocycles. The van der Waals surface area contributed by atoms with Gasteiger partial charge in [0.05, 0.1) is 10.2 Å². The average Bonchev–Trinajstić information content (AvgIpc) is 2.97. The highest BCUT2D eigenvalue weighted by Crippen LogP contribution is 2.24. The lowest BCUT2D eigenvalue weighted by molar-refractivity contribution is -0.131. The quantitative estimate of drug-likeness (QED) is 0.940. The number of nitrogens with one attached hydrogen (secondary N) is 1. The van der Waals surface area contributed by atoms with Crippen LogP contribution in [0.4, 0.5) is 5.82 Å². The maximum Gasteiger partial charge on any atom is 0.224 e. The van der Waals surface area contributed by atoms with Crippen molar-refractivity contribution in [3.63, 3.8) is 0 Å². The predicted octanol–water partition coefficient (Wildman–Crippen LogP) is 2.51. The van der Waals surface area contributed by atoms with Crippen molar-refractivity contribution in [3.8, 4) is 0 Å². The molecule has 3 rings (SSSR count). The van der Waals surface area contributed by atoms with Crippen LogP contribution >= 0.6 is 11.3 Å². The van der Waals surface area contributed by atoms with E-state index in [4.69, 9.17) is 0 Å². The number of piperidine rings is 1. The number of likely N-dealkylation sites (tertiary alicyclic amines) is 1. The highest BCUT2D eigenvalue weighted by Gasteiger charge is 2.15. The smallest absolute Gasteiger partial charge is 0.224 e. The lowest BCUT2D eigenvalue weighted by Gasteiger charge is -2.26.